The Morgan fingerprint density at radius 1 is 0.885 bits per heavy atom. The van der Waals surface area contributed by atoms with E-state index >= 15 is 0 Å². The van der Waals surface area contributed by atoms with Gasteiger partial charge in [0.1, 0.15) is 5.82 Å². The van der Waals surface area contributed by atoms with Crippen molar-refractivity contribution >= 4 is 0 Å². The van der Waals surface area contributed by atoms with Gasteiger partial charge in [-0.3, -0.25) is 0 Å². The van der Waals surface area contributed by atoms with Crippen LogP contribution >= 0.6 is 0 Å². The molecule has 1 heteroatoms. The first-order valence-corrected chi connectivity index (χ1v) is 11.2. The van der Waals surface area contributed by atoms with Gasteiger partial charge in [0.25, 0.3) is 0 Å². The molecule has 2 aliphatic carbocycles. The third-order valence-electron chi connectivity index (χ3n) is 6.99. The summed E-state index contributed by atoms with van der Waals surface area (Å²) in [5.74, 6) is 3.75. The molecule has 0 N–H and O–H groups in total. The number of hydrogen-bond donors (Lipinski definition) is 0. The molecule has 0 aliphatic heterocycles. The van der Waals surface area contributed by atoms with Crippen LogP contribution in [0, 0.1) is 29.5 Å². The number of rotatable bonds is 7. The average molecular weight is 357 g/mol. The monoisotopic (exact) mass is 356 g/mol. The van der Waals surface area contributed by atoms with Crippen LogP contribution in [-0.4, -0.2) is 0 Å². The third kappa shape index (κ3) is 5.96. The Kier molecular flexibility index (Phi) is 7.77. The zero-order valence-corrected chi connectivity index (χ0v) is 16.6. The number of aryl methyl sites for hydroxylation is 1. The van der Waals surface area contributed by atoms with Crippen molar-refractivity contribution in [3.63, 3.8) is 0 Å². The Bertz CT molecular complexity index is 528. The summed E-state index contributed by atoms with van der Waals surface area (Å²) in [4.78, 5) is 0. The Labute approximate surface area is 160 Å². The van der Waals surface area contributed by atoms with Crippen LogP contribution in [0.4, 0.5) is 4.39 Å². The fraction of sp³-hybridized carbons (Fsp3) is 0.680. The summed E-state index contributed by atoms with van der Waals surface area (Å²) in [5.41, 5.74) is 1.23. The molecule has 2 aliphatic rings. The second-order valence-corrected chi connectivity index (χ2v) is 8.84. The second-order valence-electron chi connectivity index (χ2n) is 8.84. The molecule has 0 unspecified atom stereocenters. The van der Waals surface area contributed by atoms with Crippen LogP contribution < -0.4 is 0 Å². The lowest BCUT2D eigenvalue weighted by molar-refractivity contribution is 0.152. The van der Waals surface area contributed by atoms with Gasteiger partial charge in [-0.1, -0.05) is 56.9 Å². The normalized spacial score (nSPS) is 29.9. The molecule has 0 saturated heterocycles. The van der Waals surface area contributed by atoms with Crippen LogP contribution in [0.15, 0.2) is 36.4 Å². The summed E-state index contributed by atoms with van der Waals surface area (Å²) in [6, 6.07) is 6.94. The maximum atomic E-state index is 12.9. The first-order chi connectivity index (χ1) is 12.7. The summed E-state index contributed by atoms with van der Waals surface area (Å²) in [6.45, 7) is 2.33. The maximum absolute atomic E-state index is 12.9. The summed E-state index contributed by atoms with van der Waals surface area (Å²) >= 11 is 0. The summed E-state index contributed by atoms with van der Waals surface area (Å²) in [7, 11) is 0. The van der Waals surface area contributed by atoms with Crippen molar-refractivity contribution in [3.05, 3.63) is 47.8 Å². The van der Waals surface area contributed by atoms with Crippen molar-refractivity contribution in [1.82, 2.24) is 0 Å². The molecule has 0 atom stereocenters. The van der Waals surface area contributed by atoms with Gasteiger partial charge in [-0.2, -0.15) is 0 Å². The molecule has 0 radical (unpaired) electrons. The van der Waals surface area contributed by atoms with Gasteiger partial charge in [0.05, 0.1) is 0 Å². The topological polar surface area (TPSA) is 0 Å². The molecule has 144 valence electrons. The maximum Gasteiger partial charge on any atom is 0.123 e. The Hall–Kier alpha value is -1.11. The fourth-order valence-corrected chi connectivity index (χ4v) is 5.36. The predicted octanol–water partition coefficient (Wildman–Crippen LogP) is 7.73. The van der Waals surface area contributed by atoms with Gasteiger partial charge in [-0.15, -0.1) is 0 Å². The van der Waals surface area contributed by atoms with Crippen molar-refractivity contribution in [2.75, 3.05) is 0 Å². The average Bonchev–Trinajstić information content (AvgIpc) is 2.68. The van der Waals surface area contributed by atoms with Crippen molar-refractivity contribution in [1.29, 1.82) is 0 Å². The van der Waals surface area contributed by atoms with E-state index in [0.29, 0.717) is 0 Å². The van der Waals surface area contributed by atoms with Gasteiger partial charge in [0.2, 0.25) is 0 Å². The molecule has 1 aromatic carbocycles. The summed E-state index contributed by atoms with van der Waals surface area (Å²) in [6.07, 6.45) is 21.5. The highest BCUT2D eigenvalue weighted by molar-refractivity contribution is 5.16. The molecule has 0 bridgehead atoms. The quantitative estimate of drug-likeness (QED) is 0.438. The van der Waals surface area contributed by atoms with Crippen LogP contribution in [0.2, 0.25) is 0 Å². The molecule has 0 spiro atoms. The molecule has 1 aromatic rings. The minimum atomic E-state index is -0.139. The molecule has 0 heterocycles. The van der Waals surface area contributed by atoms with E-state index in [1.54, 1.807) is 12.1 Å². The zero-order chi connectivity index (χ0) is 18.2. The van der Waals surface area contributed by atoms with Gasteiger partial charge in [0.15, 0.2) is 0 Å². The first-order valence-electron chi connectivity index (χ1n) is 11.2. The Balaban J connectivity index is 1.33. The van der Waals surface area contributed by atoms with E-state index in [2.05, 4.69) is 19.1 Å². The summed E-state index contributed by atoms with van der Waals surface area (Å²) in [5, 5.41) is 0. The van der Waals surface area contributed by atoms with Crippen LogP contribution in [0.1, 0.15) is 83.1 Å². The zero-order valence-electron chi connectivity index (χ0n) is 16.6. The number of benzene rings is 1. The van der Waals surface area contributed by atoms with Crippen LogP contribution in [0.5, 0.6) is 0 Å². The van der Waals surface area contributed by atoms with Gasteiger partial charge >= 0.3 is 0 Å². The largest absolute Gasteiger partial charge is 0.207 e. The fourth-order valence-electron chi connectivity index (χ4n) is 5.36. The van der Waals surface area contributed by atoms with Crippen LogP contribution in [0.3, 0.4) is 0 Å². The minimum Gasteiger partial charge on any atom is -0.207 e. The van der Waals surface area contributed by atoms with E-state index in [4.69, 9.17) is 0 Å². The highest BCUT2D eigenvalue weighted by Gasteiger charge is 2.29. The van der Waals surface area contributed by atoms with E-state index in [1.807, 2.05) is 12.1 Å². The van der Waals surface area contributed by atoms with E-state index in [9.17, 15) is 4.39 Å². The molecule has 0 nitrogen and oxygen atoms in total. The highest BCUT2D eigenvalue weighted by atomic mass is 19.1. The van der Waals surface area contributed by atoms with Crippen molar-refractivity contribution in [3.8, 4) is 0 Å². The SMILES string of the molecule is CCC[C@H]1CC[C@H]([C@H]2CC[C@H](C=CCCc3ccc(F)cc3)CC2)CC1. The molecule has 26 heavy (non-hydrogen) atoms. The smallest absolute Gasteiger partial charge is 0.123 e. The number of halogens is 1. The van der Waals surface area contributed by atoms with E-state index in [1.165, 1.54) is 69.8 Å². The van der Waals surface area contributed by atoms with E-state index in [0.717, 1.165) is 36.5 Å². The molecular formula is C25H37F. The molecule has 0 aromatic heterocycles. The molecule has 2 saturated carbocycles. The lowest BCUT2D eigenvalue weighted by atomic mass is 9.68. The van der Waals surface area contributed by atoms with Crippen molar-refractivity contribution in [2.45, 2.75) is 84.0 Å². The predicted molar refractivity (Wildman–Crippen MR) is 110 cm³/mol. The Morgan fingerprint density at radius 3 is 2.12 bits per heavy atom. The molecule has 2 fully saturated rings. The van der Waals surface area contributed by atoms with Crippen molar-refractivity contribution < 1.29 is 4.39 Å². The lowest BCUT2D eigenvalue weighted by Gasteiger charge is -2.37. The van der Waals surface area contributed by atoms with Gasteiger partial charge in [-0.25, -0.2) is 4.39 Å². The molecule has 0 amide bonds. The van der Waals surface area contributed by atoms with Gasteiger partial charge in [0, 0.05) is 0 Å². The highest BCUT2D eigenvalue weighted by Crippen LogP contribution is 2.42. The Morgan fingerprint density at radius 2 is 1.50 bits per heavy atom. The number of allylic oxidation sites excluding steroid dienone is 2. The van der Waals surface area contributed by atoms with Crippen LogP contribution in [0.25, 0.3) is 0 Å². The summed E-state index contributed by atoms with van der Waals surface area (Å²) < 4.78 is 12.9. The van der Waals surface area contributed by atoms with Gasteiger partial charge in [-0.05, 0) is 92.7 Å². The third-order valence-corrected chi connectivity index (χ3v) is 6.99. The second kappa shape index (κ2) is 10.3. The van der Waals surface area contributed by atoms with Crippen LogP contribution in [-0.2, 0) is 6.42 Å². The van der Waals surface area contributed by atoms with Crippen molar-refractivity contribution in [2.24, 2.45) is 23.7 Å². The first kappa shape index (κ1) is 19.6. The molecule has 3 rings (SSSR count). The van der Waals surface area contributed by atoms with E-state index in [-0.39, 0.29) is 5.82 Å². The van der Waals surface area contributed by atoms with Gasteiger partial charge < -0.3 is 0 Å². The lowest BCUT2D eigenvalue weighted by Crippen LogP contribution is -2.25. The van der Waals surface area contributed by atoms with E-state index < -0.39 is 0 Å². The molecular weight excluding hydrogens is 319 g/mol. The minimum absolute atomic E-state index is 0.139. The number of hydrogen-bond acceptors (Lipinski definition) is 0. The standard InChI is InChI=1S/C25H37F/c1-2-5-20-8-14-23(15-9-20)24-16-10-21(11-17-24)6-3-4-7-22-12-18-25(26)19-13-22/h3,6,12-13,18-21,23-24H,2,4-5,7-11,14-17H2,1H3/t20-,21-,23-,24-.